The summed E-state index contributed by atoms with van der Waals surface area (Å²) in [6.07, 6.45) is 7.08. The first-order valence-electron chi connectivity index (χ1n) is 12.3. The monoisotopic (exact) mass is 616 g/mol. The lowest BCUT2D eigenvalue weighted by molar-refractivity contribution is -0.138. The van der Waals surface area contributed by atoms with E-state index in [4.69, 9.17) is 20.9 Å². The van der Waals surface area contributed by atoms with E-state index in [9.17, 15) is 14.0 Å². The summed E-state index contributed by atoms with van der Waals surface area (Å²) in [5.41, 5.74) is 2.09. The molecule has 0 spiro atoms. The molecule has 0 amide bonds. The number of hydrogen-bond donors (Lipinski definition) is 0. The largest absolute Gasteiger partial charge is 0.480 e. The molecule has 0 fully saturated rings. The van der Waals surface area contributed by atoms with Crippen LogP contribution in [0.4, 0.5) is 4.39 Å². The van der Waals surface area contributed by atoms with Gasteiger partial charge < -0.3 is 9.47 Å². The molecule has 3 aromatic carbocycles. The van der Waals surface area contributed by atoms with Crippen molar-refractivity contribution in [3.8, 4) is 18.1 Å². The van der Waals surface area contributed by atoms with E-state index in [1.807, 2.05) is 42.5 Å². The Bertz CT molecular complexity index is 1840. The number of halogens is 2. The van der Waals surface area contributed by atoms with Crippen LogP contribution < -0.4 is 19.6 Å². The third-order valence-electron chi connectivity index (χ3n) is 6.13. The zero-order valence-electron chi connectivity index (χ0n) is 21.3. The predicted molar refractivity (Wildman–Crippen MR) is 156 cm³/mol. The second-order valence-corrected chi connectivity index (χ2v) is 10.6. The van der Waals surface area contributed by atoms with E-state index in [0.29, 0.717) is 37.5 Å². The summed E-state index contributed by atoms with van der Waals surface area (Å²) in [6, 6.07) is 19.4. The van der Waals surface area contributed by atoms with Gasteiger partial charge in [0.1, 0.15) is 18.2 Å². The Morgan fingerprint density at radius 1 is 1.18 bits per heavy atom. The van der Waals surface area contributed by atoms with Crippen LogP contribution in [0.1, 0.15) is 29.7 Å². The molecule has 0 saturated carbocycles. The number of benzene rings is 3. The van der Waals surface area contributed by atoms with Crippen LogP contribution in [0.2, 0.25) is 0 Å². The number of fused-ring (bicyclic) bond motifs is 1. The Morgan fingerprint density at radius 2 is 1.93 bits per heavy atom. The summed E-state index contributed by atoms with van der Waals surface area (Å²) in [6.45, 7) is 1.91. The highest BCUT2D eigenvalue weighted by Crippen LogP contribution is 2.35. The van der Waals surface area contributed by atoms with Crippen LogP contribution in [0, 0.1) is 18.2 Å². The minimum absolute atomic E-state index is 0.0671. The van der Waals surface area contributed by atoms with E-state index in [-0.39, 0.29) is 24.3 Å². The first-order chi connectivity index (χ1) is 19.4. The van der Waals surface area contributed by atoms with Crippen molar-refractivity contribution in [2.75, 3.05) is 13.2 Å². The van der Waals surface area contributed by atoms with Gasteiger partial charge in [-0.1, -0.05) is 75.7 Å². The molecular weight excluding hydrogens is 595 g/mol. The smallest absolute Gasteiger partial charge is 0.338 e. The Labute approximate surface area is 241 Å². The quantitative estimate of drug-likeness (QED) is 0.220. The molecule has 1 aliphatic heterocycles. The molecule has 1 atom stereocenters. The van der Waals surface area contributed by atoms with Crippen LogP contribution >= 0.6 is 27.3 Å². The first-order valence-corrected chi connectivity index (χ1v) is 13.9. The highest BCUT2D eigenvalue weighted by molar-refractivity contribution is 9.10. The lowest BCUT2D eigenvalue weighted by Crippen LogP contribution is -2.40. The van der Waals surface area contributed by atoms with Gasteiger partial charge in [-0.25, -0.2) is 14.2 Å². The highest BCUT2D eigenvalue weighted by atomic mass is 79.9. The first kappa shape index (κ1) is 27.3. The van der Waals surface area contributed by atoms with Crippen molar-refractivity contribution in [3.05, 3.63) is 125 Å². The van der Waals surface area contributed by atoms with Crippen LogP contribution in [0.25, 0.3) is 11.8 Å². The number of aromatic nitrogens is 1. The van der Waals surface area contributed by atoms with Crippen molar-refractivity contribution in [2.24, 2.45) is 4.99 Å². The molecule has 0 unspecified atom stereocenters. The number of esters is 1. The molecule has 1 aromatic heterocycles. The molecule has 0 bridgehead atoms. The average Bonchev–Trinajstić information content (AvgIpc) is 3.27. The number of hydrogen-bond acceptors (Lipinski definition) is 6. The lowest BCUT2D eigenvalue weighted by atomic mass is 9.93. The van der Waals surface area contributed by atoms with Crippen molar-refractivity contribution in [2.45, 2.75) is 13.0 Å². The Hall–Kier alpha value is -4.26. The summed E-state index contributed by atoms with van der Waals surface area (Å²) in [7, 11) is 0. The van der Waals surface area contributed by atoms with Crippen LogP contribution in [0.5, 0.6) is 5.75 Å². The molecule has 200 valence electrons. The number of rotatable bonds is 7. The molecule has 0 aliphatic carbocycles. The fraction of sp³-hybridized carbons (Fsp3) is 0.129. The van der Waals surface area contributed by atoms with Gasteiger partial charge in [-0.3, -0.25) is 9.36 Å². The number of carbonyl (C=O) groups excluding carboxylic acids is 1. The average molecular weight is 617 g/mol. The van der Waals surface area contributed by atoms with E-state index in [0.717, 1.165) is 4.47 Å². The number of thiazole rings is 1. The molecule has 40 heavy (non-hydrogen) atoms. The van der Waals surface area contributed by atoms with Crippen LogP contribution in [-0.4, -0.2) is 23.8 Å². The van der Waals surface area contributed by atoms with Gasteiger partial charge in [0, 0.05) is 15.6 Å². The Morgan fingerprint density at radius 3 is 2.62 bits per heavy atom. The van der Waals surface area contributed by atoms with Gasteiger partial charge >= 0.3 is 5.97 Å². The Kier molecular flexibility index (Phi) is 8.10. The summed E-state index contributed by atoms with van der Waals surface area (Å²) < 4.78 is 27.7. The van der Waals surface area contributed by atoms with Gasteiger partial charge in [0.25, 0.3) is 5.56 Å². The predicted octanol–water partition coefficient (Wildman–Crippen LogP) is 4.85. The second-order valence-electron chi connectivity index (χ2n) is 8.66. The van der Waals surface area contributed by atoms with Crippen molar-refractivity contribution < 1.29 is 18.7 Å². The van der Waals surface area contributed by atoms with Gasteiger partial charge in [0.2, 0.25) is 0 Å². The van der Waals surface area contributed by atoms with Crippen LogP contribution in [0.3, 0.4) is 0 Å². The van der Waals surface area contributed by atoms with Gasteiger partial charge in [-0.05, 0) is 48.9 Å². The number of ether oxygens (including phenoxy) is 2. The molecule has 0 saturated heterocycles. The van der Waals surface area contributed by atoms with E-state index in [1.54, 1.807) is 31.2 Å². The third kappa shape index (κ3) is 5.41. The summed E-state index contributed by atoms with van der Waals surface area (Å²) >= 11 is 4.65. The molecule has 4 aromatic rings. The maximum atomic E-state index is 14.0. The second kappa shape index (κ2) is 11.9. The molecule has 2 heterocycles. The van der Waals surface area contributed by atoms with Crippen LogP contribution in [-0.2, 0) is 9.53 Å². The molecular formula is C31H22BrFN2O4S. The Balaban J connectivity index is 1.81. The van der Waals surface area contributed by atoms with Crippen molar-refractivity contribution in [1.82, 2.24) is 4.57 Å². The molecule has 0 N–H and O–H groups in total. The van der Waals surface area contributed by atoms with Crippen molar-refractivity contribution in [1.29, 1.82) is 0 Å². The van der Waals surface area contributed by atoms with E-state index in [2.05, 4.69) is 21.9 Å². The number of carbonyl (C=O) groups is 1. The molecule has 6 nitrogen and oxygen atoms in total. The van der Waals surface area contributed by atoms with Gasteiger partial charge in [0.15, 0.2) is 4.80 Å². The fourth-order valence-corrected chi connectivity index (χ4v) is 5.80. The van der Waals surface area contributed by atoms with Crippen molar-refractivity contribution in [3.63, 3.8) is 0 Å². The van der Waals surface area contributed by atoms with Gasteiger partial charge in [-0.15, -0.1) is 6.42 Å². The van der Waals surface area contributed by atoms with Gasteiger partial charge in [-0.2, -0.15) is 0 Å². The van der Waals surface area contributed by atoms with Crippen LogP contribution in [0.15, 0.2) is 92.6 Å². The molecule has 5 rings (SSSR count). The van der Waals surface area contributed by atoms with Gasteiger partial charge in [0.05, 0.1) is 28.5 Å². The minimum atomic E-state index is -0.895. The topological polar surface area (TPSA) is 69.9 Å². The molecule has 1 aliphatic rings. The molecule has 9 heteroatoms. The summed E-state index contributed by atoms with van der Waals surface area (Å²) in [4.78, 5) is 32.7. The SMILES string of the molecule is C#CCOc1ccc(Br)cc1/C=c1\sc2n(c1=O)[C@@H](c1ccc(F)cc1)C(C(=O)OCC)=C(c1ccccc1)N=2. The minimum Gasteiger partial charge on any atom is -0.480 e. The zero-order chi connectivity index (χ0) is 28.2. The summed E-state index contributed by atoms with van der Waals surface area (Å²) in [5, 5.41) is 0. The van der Waals surface area contributed by atoms with E-state index in [1.165, 1.54) is 28.0 Å². The van der Waals surface area contributed by atoms with E-state index >= 15 is 0 Å². The van der Waals surface area contributed by atoms with E-state index < -0.39 is 17.8 Å². The summed E-state index contributed by atoms with van der Waals surface area (Å²) in [5.74, 6) is 1.92. The lowest BCUT2D eigenvalue weighted by Gasteiger charge is -2.25. The zero-order valence-corrected chi connectivity index (χ0v) is 23.7. The number of terminal acetylenes is 1. The maximum Gasteiger partial charge on any atom is 0.338 e. The standard InChI is InChI=1S/C31H22BrFN2O4S/c1-3-16-39-24-15-12-22(32)17-21(24)18-25-29(36)35-28(20-10-13-23(33)14-11-20)26(30(37)38-4-2)27(34-31(35)40-25)19-8-6-5-7-9-19/h1,5-15,17-18,28H,4,16H2,2H3/b25-18-/t28-/m0/s1. The van der Waals surface area contributed by atoms with Crippen molar-refractivity contribution >= 4 is 45.0 Å². The third-order valence-corrected chi connectivity index (χ3v) is 7.61. The number of nitrogens with zero attached hydrogens (tertiary/aromatic N) is 2. The normalized spacial score (nSPS) is 14.8. The molecule has 0 radical (unpaired) electrons. The highest BCUT2D eigenvalue weighted by Gasteiger charge is 2.35. The maximum absolute atomic E-state index is 14.0. The fourth-order valence-electron chi connectivity index (χ4n) is 4.43.